The fourth-order valence-electron chi connectivity index (χ4n) is 4.81. The molecule has 1 aromatic carbocycles. The van der Waals surface area contributed by atoms with E-state index >= 15 is 0 Å². The van der Waals surface area contributed by atoms with Gasteiger partial charge in [0.2, 0.25) is 5.75 Å². The Morgan fingerprint density at radius 3 is 1.79 bits per heavy atom. The lowest BCUT2D eigenvalue weighted by Crippen LogP contribution is -2.33. The Bertz CT molecular complexity index is 1180. The molecule has 2 aliphatic rings. The van der Waals surface area contributed by atoms with Gasteiger partial charge in [-0.2, -0.15) is 0 Å². The van der Waals surface area contributed by atoms with Gasteiger partial charge in [0.1, 0.15) is 5.76 Å². The van der Waals surface area contributed by atoms with Crippen molar-refractivity contribution in [3.63, 3.8) is 0 Å². The summed E-state index contributed by atoms with van der Waals surface area (Å²) in [4.78, 5) is 26.8. The minimum absolute atomic E-state index is 0.0679. The van der Waals surface area contributed by atoms with Gasteiger partial charge in [0.15, 0.2) is 23.0 Å². The molecular weight excluding hydrogens is 496 g/mol. The van der Waals surface area contributed by atoms with Gasteiger partial charge >= 0.3 is 11.9 Å². The second-order valence-electron chi connectivity index (χ2n) is 8.14. The third-order valence-electron chi connectivity index (χ3n) is 6.31. The van der Waals surface area contributed by atoms with Crippen LogP contribution in [0.15, 0.2) is 58.3 Å². The molecule has 0 aromatic heterocycles. The van der Waals surface area contributed by atoms with Crippen LogP contribution in [0.3, 0.4) is 0 Å². The Labute approximate surface area is 222 Å². The number of fused-ring (bicyclic) bond motifs is 1. The molecule has 0 unspecified atom stereocenters. The molecule has 0 fully saturated rings. The molecule has 0 bridgehead atoms. The smallest absolute Gasteiger partial charge is 0.338 e. The Morgan fingerprint density at radius 1 is 0.711 bits per heavy atom. The fourth-order valence-corrected chi connectivity index (χ4v) is 4.81. The van der Waals surface area contributed by atoms with Gasteiger partial charge in [-0.15, -0.1) is 0 Å². The normalized spacial score (nSPS) is 18.5. The number of allylic oxidation sites excluding steroid dienone is 2. The first-order valence-electron chi connectivity index (χ1n) is 12.0. The highest BCUT2D eigenvalue weighted by Gasteiger charge is 2.46. The molecule has 0 aliphatic heterocycles. The largest absolute Gasteiger partial charge is 0.496 e. The standard InChI is InChI=1S/C28H34O10/c1-9-37-27(29)17-11-15-12-20(33-5)25(35-7)26(36-8)22(15)21(23(17)28(30)38-10-2)16-13-18(31-3)24(34-6)19(14-16)32-4/h11-14,21-22H,9-10H2,1-8H3/t21-,22+/m1/s1. The first-order valence-corrected chi connectivity index (χ1v) is 12.0. The molecule has 10 heteroatoms. The Hall–Kier alpha value is -4.08. The van der Waals surface area contributed by atoms with E-state index in [1.807, 2.05) is 0 Å². The Balaban J connectivity index is 2.46. The Kier molecular flexibility index (Phi) is 9.33. The van der Waals surface area contributed by atoms with Gasteiger partial charge in [-0.05, 0) is 49.3 Å². The second-order valence-corrected chi connectivity index (χ2v) is 8.14. The van der Waals surface area contributed by atoms with Crippen LogP contribution in [0, 0.1) is 5.92 Å². The van der Waals surface area contributed by atoms with Crippen LogP contribution in [-0.4, -0.2) is 67.8 Å². The number of carbonyl (C=O) groups excluding carboxylic acids is 2. The van der Waals surface area contributed by atoms with E-state index in [0.717, 1.165) is 0 Å². The van der Waals surface area contributed by atoms with Crippen LogP contribution in [-0.2, 0) is 33.3 Å². The summed E-state index contributed by atoms with van der Waals surface area (Å²) in [5.74, 6) is -0.436. The maximum absolute atomic E-state index is 13.5. The third-order valence-corrected chi connectivity index (χ3v) is 6.31. The van der Waals surface area contributed by atoms with E-state index in [2.05, 4.69) is 0 Å². The van der Waals surface area contributed by atoms with E-state index in [4.69, 9.17) is 37.9 Å². The minimum Gasteiger partial charge on any atom is -0.496 e. The molecule has 0 spiro atoms. The maximum atomic E-state index is 13.5. The Morgan fingerprint density at radius 2 is 1.32 bits per heavy atom. The highest BCUT2D eigenvalue weighted by Crippen LogP contribution is 2.52. The van der Waals surface area contributed by atoms with Gasteiger partial charge in [-0.1, -0.05) is 0 Å². The summed E-state index contributed by atoms with van der Waals surface area (Å²) in [5, 5.41) is 0. The van der Waals surface area contributed by atoms with E-state index < -0.39 is 23.8 Å². The molecular formula is C28H34O10. The summed E-state index contributed by atoms with van der Waals surface area (Å²) in [5.41, 5.74) is 1.40. The van der Waals surface area contributed by atoms with E-state index in [-0.39, 0.29) is 24.4 Å². The van der Waals surface area contributed by atoms with Crippen molar-refractivity contribution >= 4 is 11.9 Å². The SMILES string of the molecule is CCOC(=O)C1=C(C(=O)OCC)[C@H](c2cc(OC)c(OC)c(OC)c2)[C@@H]2C(=C1)C=C(OC)C(OC)=C2OC. The lowest BCUT2D eigenvalue weighted by Gasteiger charge is -2.38. The minimum atomic E-state index is -0.795. The van der Waals surface area contributed by atoms with Crippen molar-refractivity contribution in [2.75, 3.05) is 55.9 Å². The molecule has 0 radical (unpaired) electrons. The molecule has 0 heterocycles. The molecule has 206 valence electrons. The van der Waals surface area contributed by atoms with Crippen molar-refractivity contribution in [2.24, 2.45) is 5.92 Å². The number of benzene rings is 1. The summed E-state index contributed by atoms with van der Waals surface area (Å²) in [7, 11) is 9.00. The van der Waals surface area contributed by atoms with Crippen molar-refractivity contribution in [3.05, 3.63) is 63.8 Å². The highest BCUT2D eigenvalue weighted by atomic mass is 16.5. The lowest BCUT2D eigenvalue weighted by atomic mass is 9.68. The van der Waals surface area contributed by atoms with Crippen molar-refractivity contribution in [3.8, 4) is 17.2 Å². The van der Waals surface area contributed by atoms with Crippen LogP contribution in [0.1, 0.15) is 25.3 Å². The average molecular weight is 531 g/mol. The van der Waals surface area contributed by atoms with Crippen LogP contribution in [0.4, 0.5) is 0 Å². The van der Waals surface area contributed by atoms with Crippen LogP contribution < -0.4 is 14.2 Å². The van der Waals surface area contributed by atoms with E-state index in [9.17, 15) is 9.59 Å². The molecule has 10 nitrogen and oxygen atoms in total. The van der Waals surface area contributed by atoms with E-state index in [1.165, 1.54) is 42.7 Å². The van der Waals surface area contributed by atoms with Gasteiger partial charge in [0.25, 0.3) is 0 Å². The summed E-state index contributed by atoms with van der Waals surface area (Å²) in [6, 6.07) is 3.46. The van der Waals surface area contributed by atoms with Crippen molar-refractivity contribution in [2.45, 2.75) is 19.8 Å². The molecule has 38 heavy (non-hydrogen) atoms. The second kappa shape index (κ2) is 12.4. The predicted molar refractivity (Wildman–Crippen MR) is 137 cm³/mol. The number of carbonyl (C=O) groups is 2. The zero-order valence-electron chi connectivity index (χ0n) is 23.0. The predicted octanol–water partition coefficient (Wildman–Crippen LogP) is 3.82. The van der Waals surface area contributed by atoms with Crippen LogP contribution in [0.25, 0.3) is 0 Å². The van der Waals surface area contributed by atoms with Gasteiger partial charge in [-0.3, -0.25) is 0 Å². The van der Waals surface area contributed by atoms with Crippen molar-refractivity contribution in [1.29, 1.82) is 0 Å². The van der Waals surface area contributed by atoms with Crippen LogP contribution in [0.2, 0.25) is 0 Å². The van der Waals surface area contributed by atoms with E-state index in [0.29, 0.717) is 45.7 Å². The number of methoxy groups -OCH3 is 6. The van der Waals surface area contributed by atoms with Gasteiger partial charge in [-0.25, -0.2) is 9.59 Å². The number of rotatable bonds is 11. The molecule has 2 atom stereocenters. The fraction of sp³-hybridized carbons (Fsp3) is 0.429. The topological polar surface area (TPSA) is 108 Å². The summed E-state index contributed by atoms with van der Waals surface area (Å²) in [6.45, 7) is 3.61. The van der Waals surface area contributed by atoms with Gasteiger partial charge in [0, 0.05) is 5.92 Å². The van der Waals surface area contributed by atoms with Gasteiger partial charge < -0.3 is 37.9 Å². The summed E-state index contributed by atoms with van der Waals surface area (Å²) in [6.07, 6.45) is 3.35. The van der Waals surface area contributed by atoms with Crippen LogP contribution in [0.5, 0.6) is 17.2 Å². The molecule has 0 saturated heterocycles. The van der Waals surface area contributed by atoms with Crippen LogP contribution >= 0.6 is 0 Å². The number of hydrogen-bond donors (Lipinski definition) is 0. The number of hydrogen-bond acceptors (Lipinski definition) is 10. The molecule has 1 aromatic rings. The molecule has 0 amide bonds. The zero-order valence-corrected chi connectivity index (χ0v) is 23.0. The number of esters is 2. The average Bonchev–Trinajstić information content (AvgIpc) is 2.94. The lowest BCUT2D eigenvalue weighted by molar-refractivity contribution is -0.142. The van der Waals surface area contributed by atoms with Crippen molar-refractivity contribution < 1.29 is 47.5 Å². The molecule has 2 aliphatic carbocycles. The van der Waals surface area contributed by atoms with E-state index in [1.54, 1.807) is 38.1 Å². The first kappa shape index (κ1) is 28.5. The zero-order chi connectivity index (χ0) is 28.0. The quantitative estimate of drug-likeness (QED) is 0.392. The van der Waals surface area contributed by atoms with Gasteiger partial charge in [0.05, 0.1) is 72.9 Å². The molecule has 3 rings (SSSR count). The summed E-state index contributed by atoms with van der Waals surface area (Å²) >= 11 is 0. The van der Waals surface area contributed by atoms with Crippen molar-refractivity contribution in [1.82, 2.24) is 0 Å². The first-order chi connectivity index (χ1) is 18.3. The maximum Gasteiger partial charge on any atom is 0.338 e. The number of ether oxygens (including phenoxy) is 8. The highest BCUT2D eigenvalue weighted by molar-refractivity contribution is 6.04. The monoisotopic (exact) mass is 530 g/mol. The third kappa shape index (κ3) is 5.03. The summed E-state index contributed by atoms with van der Waals surface area (Å²) < 4.78 is 44.5. The molecule has 0 saturated carbocycles. The molecule has 0 N–H and O–H groups in total.